The largest absolute Gasteiger partial charge is 0.463 e. The standard InChI is InChI=1S/C25H50O9/c1-4-6-7-8-25(26)34-22-21-32-18-17-30-14-13-28-10-9-27-11-12-29-15-16-31-19-20-33-23-24(3)5-2/h24H,4-23H2,1-3H3. The molecule has 0 N–H and O–H groups in total. The number of unbranched alkanes of at least 4 members (excludes halogenated alkanes) is 2. The fraction of sp³-hybridized carbons (Fsp3) is 0.960. The highest BCUT2D eigenvalue weighted by atomic mass is 16.6. The molecule has 34 heavy (non-hydrogen) atoms. The maximum atomic E-state index is 11.4. The van der Waals surface area contributed by atoms with Gasteiger partial charge in [0.2, 0.25) is 0 Å². The van der Waals surface area contributed by atoms with E-state index in [0.29, 0.717) is 105 Å². The predicted octanol–water partition coefficient (Wildman–Crippen LogP) is 3.27. The Kier molecular flexibility index (Phi) is 27.8. The van der Waals surface area contributed by atoms with Crippen LogP contribution in [0.25, 0.3) is 0 Å². The summed E-state index contributed by atoms with van der Waals surface area (Å²) in [5.74, 6) is 0.448. The zero-order valence-corrected chi connectivity index (χ0v) is 21.9. The Bertz CT molecular complexity index is 410. The van der Waals surface area contributed by atoms with Crippen molar-refractivity contribution in [2.45, 2.75) is 52.9 Å². The van der Waals surface area contributed by atoms with Gasteiger partial charge in [-0.1, -0.05) is 40.0 Å². The summed E-state index contributed by atoms with van der Waals surface area (Å²) in [5, 5.41) is 0. The molecule has 0 fully saturated rings. The second kappa shape index (κ2) is 28.4. The Morgan fingerprint density at radius 3 is 1.32 bits per heavy atom. The lowest BCUT2D eigenvalue weighted by Crippen LogP contribution is -2.15. The van der Waals surface area contributed by atoms with E-state index < -0.39 is 0 Å². The number of carbonyl (C=O) groups is 1. The molecular formula is C25H50O9. The third kappa shape index (κ3) is 27.4. The number of esters is 1. The van der Waals surface area contributed by atoms with Gasteiger partial charge in [0.15, 0.2) is 0 Å². The van der Waals surface area contributed by atoms with Crippen molar-refractivity contribution in [2.75, 3.05) is 99.1 Å². The first-order valence-electron chi connectivity index (χ1n) is 12.9. The third-order valence-corrected chi connectivity index (χ3v) is 4.81. The molecule has 0 aliphatic carbocycles. The number of rotatable bonds is 28. The summed E-state index contributed by atoms with van der Waals surface area (Å²) in [6, 6.07) is 0. The van der Waals surface area contributed by atoms with E-state index in [1.165, 1.54) is 0 Å². The van der Waals surface area contributed by atoms with Crippen LogP contribution in [0.15, 0.2) is 0 Å². The van der Waals surface area contributed by atoms with Gasteiger partial charge in [-0.3, -0.25) is 4.79 Å². The molecular weight excluding hydrogens is 444 g/mol. The molecule has 0 aliphatic rings. The molecule has 0 heterocycles. The Balaban J connectivity index is 3.08. The molecule has 0 bridgehead atoms. The Hall–Kier alpha value is -0.810. The van der Waals surface area contributed by atoms with E-state index in [4.69, 9.17) is 37.9 Å². The Morgan fingerprint density at radius 2 is 0.941 bits per heavy atom. The lowest BCUT2D eigenvalue weighted by molar-refractivity contribution is -0.145. The quantitative estimate of drug-likeness (QED) is 0.120. The van der Waals surface area contributed by atoms with Gasteiger partial charge in [-0.05, 0) is 12.3 Å². The van der Waals surface area contributed by atoms with Crippen molar-refractivity contribution in [3.05, 3.63) is 0 Å². The highest BCUT2D eigenvalue weighted by Gasteiger charge is 2.02. The van der Waals surface area contributed by atoms with Crippen LogP contribution in [0.5, 0.6) is 0 Å². The van der Waals surface area contributed by atoms with Gasteiger partial charge in [-0.25, -0.2) is 0 Å². The minimum Gasteiger partial charge on any atom is -0.463 e. The van der Waals surface area contributed by atoms with Crippen LogP contribution in [0.2, 0.25) is 0 Å². The van der Waals surface area contributed by atoms with Crippen LogP contribution < -0.4 is 0 Å². The fourth-order valence-corrected chi connectivity index (χ4v) is 2.53. The molecule has 1 atom stereocenters. The molecule has 9 nitrogen and oxygen atoms in total. The van der Waals surface area contributed by atoms with Gasteiger partial charge in [0.1, 0.15) is 6.61 Å². The zero-order valence-electron chi connectivity index (χ0n) is 21.9. The summed E-state index contributed by atoms with van der Waals surface area (Å²) in [4.78, 5) is 11.4. The summed E-state index contributed by atoms with van der Waals surface area (Å²) in [6.07, 6.45) is 4.66. The van der Waals surface area contributed by atoms with Crippen LogP contribution >= 0.6 is 0 Å². The summed E-state index contributed by atoms with van der Waals surface area (Å²) < 4.78 is 43.2. The number of hydrogen-bond donors (Lipinski definition) is 0. The molecule has 0 aromatic rings. The molecule has 0 spiro atoms. The molecule has 0 amide bonds. The summed E-state index contributed by atoms with van der Waals surface area (Å²) in [6.45, 7) is 14.3. The van der Waals surface area contributed by atoms with Crippen LogP contribution in [0.4, 0.5) is 0 Å². The minimum atomic E-state index is -0.152. The molecule has 0 aromatic carbocycles. The average Bonchev–Trinajstić information content (AvgIpc) is 2.84. The molecule has 0 radical (unpaired) electrons. The number of hydrogen-bond acceptors (Lipinski definition) is 9. The number of ether oxygens (including phenoxy) is 8. The summed E-state index contributed by atoms with van der Waals surface area (Å²) in [5.41, 5.74) is 0. The van der Waals surface area contributed by atoms with E-state index in [1.807, 2.05) is 0 Å². The summed E-state index contributed by atoms with van der Waals surface area (Å²) >= 11 is 0. The van der Waals surface area contributed by atoms with E-state index >= 15 is 0 Å². The second-order valence-electron chi connectivity index (χ2n) is 7.94. The molecule has 0 rings (SSSR count). The molecule has 0 aromatic heterocycles. The fourth-order valence-electron chi connectivity index (χ4n) is 2.53. The molecule has 0 saturated heterocycles. The smallest absolute Gasteiger partial charge is 0.305 e. The predicted molar refractivity (Wildman–Crippen MR) is 130 cm³/mol. The van der Waals surface area contributed by atoms with Gasteiger partial charge in [-0.2, -0.15) is 0 Å². The number of carbonyl (C=O) groups excluding carboxylic acids is 1. The molecule has 9 heteroatoms. The molecule has 204 valence electrons. The van der Waals surface area contributed by atoms with Gasteiger partial charge in [0.05, 0.1) is 85.9 Å². The van der Waals surface area contributed by atoms with Gasteiger partial charge in [0.25, 0.3) is 0 Å². The van der Waals surface area contributed by atoms with Crippen molar-refractivity contribution >= 4 is 5.97 Å². The SMILES string of the molecule is CCCCCC(=O)OCCOCCOCCOCCOCCOCCOCCOCC(C)CC. The van der Waals surface area contributed by atoms with Gasteiger partial charge in [-0.15, -0.1) is 0 Å². The Morgan fingerprint density at radius 1 is 0.559 bits per heavy atom. The lowest BCUT2D eigenvalue weighted by Gasteiger charge is -2.10. The van der Waals surface area contributed by atoms with Crippen molar-refractivity contribution in [2.24, 2.45) is 5.92 Å². The van der Waals surface area contributed by atoms with E-state index in [0.717, 1.165) is 32.3 Å². The zero-order chi connectivity index (χ0) is 25.0. The van der Waals surface area contributed by atoms with Crippen LogP contribution in [-0.4, -0.2) is 105 Å². The maximum absolute atomic E-state index is 11.4. The first kappa shape index (κ1) is 33.2. The Labute approximate surface area is 207 Å². The van der Waals surface area contributed by atoms with Crippen LogP contribution in [0.3, 0.4) is 0 Å². The molecule has 1 unspecified atom stereocenters. The maximum Gasteiger partial charge on any atom is 0.305 e. The van der Waals surface area contributed by atoms with E-state index in [2.05, 4.69) is 20.8 Å². The van der Waals surface area contributed by atoms with Crippen molar-refractivity contribution < 1.29 is 42.7 Å². The monoisotopic (exact) mass is 494 g/mol. The topological polar surface area (TPSA) is 90.9 Å². The third-order valence-electron chi connectivity index (χ3n) is 4.81. The first-order valence-corrected chi connectivity index (χ1v) is 12.9. The van der Waals surface area contributed by atoms with Crippen molar-refractivity contribution in [1.29, 1.82) is 0 Å². The first-order chi connectivity index (χ1) is 16.7. The molecule has 0 aliphatic heterocycles. The van der Waals surface area contributed by atoms with Gasteiger partial charge < -0.3 is 37.9 Å². The van der Waals surface area contributed by atoms with Crippen molar-refractivity contribution in [3.8, 4) is 0 Å². The van der Waals surface area contributed by atoms with Crippen LogP contribution in [0, 0.1) is 5.92 Å². The minimum absolute atomic E-state index is 0.152. The van der Waals surface area contributed by atoms with E-state index in [1.54, 1.807) is 0 Å². The normalized spacial score (nSPS) is 12.2. The van der Waals surface area contributed by atoms with Crippen LogP contribution in [-0.2, 0) is 42.7 Å². The van der Waals surface area contributed by atoms with Crippen LogP contribution in [0.1, 0.15) is 52.9 Å². The highest BCUT2D eigenvalue weighted by molar-refractivity contribution is 5.69. The lowest BCUT2D eigenvalue weighted by atomic mass is 10.1. The second-order valence-corrected chi connectivity index (χ2v) is 7.94. The molecule has 0 saturated carbocycles. The van der Waals surface area contributed by atoms with Gasteiger partial charge >= 0.3 is 5.97 Å². The van der Waals surface area contributed by atoms with E-state index in [9.17, 15) is 4.79 Å². The highest BCUT2D eigenvalue weighted by Crippen LogP contribution is 2.01. The summed E-state index contributed by atoms with van der Waals surface area (Å²) in [7, 11) is 0. The van der Waals surface area contributed by atoms with Crippen molar-refractivity contribution in [1.82, 2.24) is 0 Å². The van der Waals surface area contributed by atoms with Crippen molar-refractivity contribution in [3.63, 3.8) is 0 Å². The average molecular weight is 495 g/mol. The van der Waals surface area contributed by atoms with Gasteiger partial charge in [0, 0.05) is 13.0 Å². The van der Waals surface area contributed by atoms with E-state index in [-0.39, 0.29) is 5.97 Å².